The Morgan fingerprint density at radius 1 is 0.826 bits per heavy atom. The van der Waals surface area contributed by atoms with Crippen LogP contribution in [-0.4, -0.2) is 21.9 Å². The number of phenolic OH excluding ortho intramolecular Hbond substituents is 1. The van der Waals surface area contributed by atoms with Crippen LogP contribution in [-0.2, 0) is 39.5 Å². The van der Waals surface area contributed by atoms with E-state index in [0.717, 1.165) is 5.56 Å². The van der Waals surface area contributed by atoms with Gasteiger partial charge in [0.25, 0.3) is 0 Å². The average Bonchev–Trinajstić information content (AvgIpc) is 2.47. The van der Waals surface area contributed by atoms with Crippen molar-refractivity contribution < 1.29 is 26.7 Å². The van der Waals surface area contributed by atoms with Crippen LogP contribution in [0.5, 0.6) is 11.5 Å². The highest BCUT2D eigenvalue weighted by atomic mass is 32.2. The Morgan fingerprint density at radius 2 is 1.43 bits per heavy atom. The van der Waals surface area contributed by atoms with E-state index in [-0.39, 0.29) is 23.9 Å². The molecule has 0 amide bonds. The van der Waals surface area contributed by atoms with Crippen molar-refractivity contribution in [3.8, 4) is 11.5 Å². The molecule has 0 saturated carbocycles. The zero-order valence-electron chi connectivity index (χ0n) is 12.0. The first-order valence-corrected chi connectivity index (χ1v) is 9.42. The topological polar surface area (TPSA) is 97.7 Å². The summed E-state index contributed by atoms with van der Waals surface area (Å²) < 4.78 is 49.2. The highest BCUT2D eigenvalue weighted by Crippen LogP contribution is 2.23. The van der Waals surface area contributed by atoms with Crippen molar-refractivity contribution in [1.82, 2.24) is 0 Å². The van der Waals surface area contributed by atoms with Crippen molar-refractivity contribution in [3.05, 3.63) is 59.2 Å². The second kappa shape index (κ2) is 7.98. The monoisotopic (exact) mass is 356 g/mol. The molecule has 2 rings (SSSR count). The normalized spacial score (nSPS) is 11.0. The van der Waals surface area contributed by atoms with Gasteiger partial charge in [-0.15, -0.1) is 0 Å². The van der Waals surface area contributed by atoms with E-state index in [2.05, 4.69) is 0 Å². The predicted molar refractivity (Wildman–Crippen MR) is 86.9 cm³/mol. The maximum atomic E-state index is 11.0. The Bertz CT molecular complexity index is 806. The molecule has 0 aliphatic heterocycles. The Balaban J connectivity index is 2.20. The minimum Gasteiger partial charge on any atom is -0.508 e. The SMILES string of the molecule is O=[SH](=O)Cc1ccc(OCc2ccc(O)cc2)c(C[SH](=O)=O)c1. The molecule has 0 aliphatic rings. The fourth-order valence-electron chi connectivity index (χ4n) is 2.04. The Morgan fingerprint density at radius 3 is 2.04 bits per heavy atom. The third kappa shape index (κ3) is 5.57. The molecule has 1 N–H and O–H groups in total. The third-order valence-electron chi connectivity index (χ3n) is 3.07. The summed E-state index contributed by atoms with van der Waals surface area (Å²) in [6.45, 7) is 0.206. The van der Waals surface area contributed by atoms with E-state index < -0.39 is 21.4 Å². The molecule has 2 aromatic carbocycles. The van der Waals surface area contributed by atoms with Crippen molar-refractivity contribution in [2.24, 2.45) is 0 Å². The van der Waals surface area contributed by atoms with Crippen LogP contribution in [0.3, 0.4) is 0 Å². The minimum atomic E-state index is -2.66. The van der Waals surface area contributed by atoms with Crippen LogP contribution in [0.1, 0.15) is 16.7 Å². The molecule has 0 radical (unpaired) electrons. The molecule has 0 fully saturated rings. The van der Waals surface area contributed by atoms with Crippen LogP contribution in [0.15, 0.2) is 42.5 Å². The van der Waals surface area contributed by atoms with E-state index in [0.29, 0.717) is 16.9 Å². The quantitative estimate of drug-likeness (QED) is 0.645. The number of ether oxygens (including phenoxy) is 1. The first-order valence-electron chi connectivity index (χ1n) is 6.70. The van der Waals surface area contributed by atoms with Gasteiger partial charge in [0.2, 0.25) is 0 Å². The summed E-state index contributed by atoms with van der Waals surface area (Å²) >= 11 is 0. The summed E-state index contributed by atoms with van der Waals surface area (Å²) in [5.74, 6) is 0.177. The summed E-state index contributed by atoms with van der Waals surface area (Å²) in [6, 6.07) is 11.1. The standard InChI is InChI=1S/C15H16O6S2/c16-14-4-1-11(2-5-14)8-21-15-6-3-12(9-22(17)18)7-13(15)10-23(19)20/h1-7,16,22-23H,8-10H2. The molecule has 8 heteroatoms. The number of hydrogen-bond acceptors (Lipinski definition) is 6. The Kier molecular flexibility index (Phi) is 6.00. The fraction of sp³-hybridized carbons (Fsp3) is 0.200. The largest absolute Gasteiger partial charge is 0.508 e. The van der Waals surface area contributed by atoms with Gasteiger partial charge in [-0.2, -0.15) is 0 Å². The van der Waals surface area contributed by atoms with Gasteiger partial charge in [0.05, 0.1) is 11.5 Å². The van der Waals surface area contributed by atoms with Gasteiger partial charge < -0.3 is 9.84 Å². The number of thiol groups is 2. The van der Waals surface area contributed by atoms with Gasteiger partial charge in [-0.05, 0) is 29.3 Å². The molecule has 124 valence electrons. The minimum absolute atomic E-state index is 0.143. The van der Waals surface area contributed by atoms with Gasteiger partial charge in [-0.3, -0.25) is 0 Å². The molecular formula is C15H16O6S2. The fourth-order valence-corrected chi connectivity index (χ4v) is 3.06. The molecule has 0 heterocycles. The maximum Gasteiger partial charge on any atom is 0.144 e. The third-order valence-corrected chi connectivity index (χ3v) is 4.29. The number of benzene rings is 2. The van der Waals surface area contributed by atoms with Crippen molar-refractivity contribution in [1.29, 1.82) is 0 Å². The second-order valence-corrected chi connectivity index (χ2v) is 6.84. The van der Waals surface area contributed by atoms with E-state index in [9.17, 15) is 21.9 Å². The van der Waals surface area contributed by atoms with Crippen LogP contribution in [0.25, 0.3) is 0 Å². The number of phenols is 1. The zero-order chi connectivity index (χ0) is 16.8. The molecule has 0 aliphatic carbocycles. The lowest BCUT2D eigenvalue weighted by Crippen LogP contribution is -2.01. The highest BCUT2D eigenvalue weighted by molar-refractivity contribution is 7.71. The molecule has 2 aromatic rings. The Hall–Kier alpha value is -2.06. The number of rotatable bonds is 7. The smallest absolute Gasteiger partial charge is 0.144 e. The van der Waals surface area contributed by atoms with Crippen LogP contribution in [0.4, 0.5) is 0 Å². The van der Waals surface area contributed by atoms with E-state index in [1.54, 1.807) is 24.3 Å². The van der Waals surface area contributed by atoms with E-state index in [1.807, 2.05) is 0 Å². The van der Waals surface area contributed by atoms with Crippen molar-refractivity contribution in [2.45, 2.75) is 18.1 Å². The number of aromatic hydroxyl groups is 1. The summed E-state index contributed by atoms with van der Waals surface area (Å²) in [5.41, 5.74) is 1.76. The van der Waals surface area contributed by atoms with E-state index in [1.165, 1.54) is 18.2 Å². The Labute approximate surface area is 137 Å². The van der Waals surface area contributed by atoms with Crippen LogP contribution in [0, 0.1) is 0 Å². The summed E-state index contributed by atoms with van der Waals surface area (Å²) in [5, 5.41) is 9.23. The predicted octanol–water partition coefficient (Wildman–Crippen LogP) is 1.19. The van der Waals surface area contributed by atoms with Crippen LogP contribution >= 0.6 is 0 Å². The number of hydrogen-bond donors (Lipinski definition) is 3. The molecule has 6 nitrogen and oxygen atoms in total. The van der Waals surface area contributed by atoms with Gasteiger partial charge in [-0.25, -0.2) is 16.8 Å². The lowest BCUT2D eigenvalue weighted by atomic mass is 10.1. The van der Waals surface area contributed by atoms with Crippen molar-refractivity contribution in [3.63, 3.8) is 0 Å². The first-order chi connectivity index (χ1) is 10.9. The summed E-state index contributed by atoms with van der Waals surface area (Å²) in [7, 11) is -5.24. The molecule has 0 bridgehead atoms. The lowest BCUT2D eigenvalue weighted by Gasteiger charge is -2.11. The highest BCUT2D eigenvalue weighted by Gasteiger charge is 2.08. The van der Waals surface area contributed by atoms with Gasteiger partial charge in [0, 0.05) is 5.56 Å². The molecule has 0 atom stereocenters. The molecule has 23 heavy (non-hydrogen) atoms. The summed E-state index contributed by atoms with van der Waals surface area (Å²) in [4.78, 5) is 0. The van der Waals surface area contributed by atoms with Crippen LogP contribution < -0.4 is 4.74 Å². The maximum absolute atomic E-state index is 11.0. The van der Waals surface area contributed by atoms with Gasteiger partial charge in [0.1, 0.15) is 39.5 Å². The molecule has 0 unspecified atom stereocenters. The molecular weight excluding hydrogens is 340 g/mol. The van der Waals surface area contributed by atoms with Crippen LogP contribution in [0.2, 0.25) is 0 Å². The van der Waals surface area contributed by atoms with Gasteiger partial charge in [-0.1, -0.05) is 24.3 Å². The molecule has 0 aromatic heterocycles. The van der Waals surface area contributed by atoms with Crippen molar-refractivity contribution in [2.75, 3.05) is 0 Å². The average molecular weight is 356 g/mol. The van der Waals surface area contributed by atoms with Gasteiger partial charge in [0.15, 0.2) is 0 Å². The van der Waals surface area contributed by atoms with Gasteiger partial charge >= 0.3 is 0 Å². The molecule has 0 spiro atoms. The first kappa shape index (κ1) is 17.3. The second-order valence-electron chi connectivity index (χ2n) is 4.88. The molecule has 0 saturated heterocycles. The summed E-state index contributed by atoms with van der Waals surface area (Å²) in [6.07, 6.45) is 0. The van der Waals surface area contributed by atoms with E-state index >= 15 is 0 Å². The van der Waals surface area contributed by atoms with Crippen molar-refractivity contribution >= 4 is 21.4 Å². The van der Waals surface area contributed by atoms with E-state index in [4.69, 9.17) is 4.74 Å². The zero-order valence-corrected chi connectivity index (χ0v) is 13.8. The lowest BCUT2D eigenvalue weighted by molar-refractivity contribution is 0.303.